The molecule has 26 heavy (non-hydrogen) atoms. The first-order valence-corrected chi connectivity index (χ1v) is 7.43. The van der Waals surface area contributed by atoms with E-state index < -0.39 is 23.6 Å². The van der Waals surface area contributed by atoms with Crippen LogP contribution in [0.4, 0.5) is 4.39 Å². The van der Waals surface area contributed by atoms with Gasteiger partial charge in [0, 0.05) is 0 Å². The van der Waals surface area contributed by atoms with Gasteiger partial charge in [0.05, 0.1) is 23.0 Å². The van der Waals surface area contributed by atoms with E-state index in [0.717, 1.165) is 16.9 Å². The van der Waals surface area contributed by atoms with Crippen LogP contribution in [0.2, 0.25) is 0 Å². The lowest BCUT2D eigenvalue weighted by Crippen LogP contribution is -2.33. The molecule has 2 amide bonds. The van der Waals surface area contributed by atoms with Gasteiger partial charge in [-0.2, -0.15) is 0 Å². The third kappa shape index (κ3) is 2.42. The monoisotopic (exact) mass is 352 g/mol. The molecule has 0 N–H and O–H groups in total. The highest BCUT2D eigenvalue weighted by Gasteiger charge is 2.39. The third-order valence-electron chi connectivity index (χ3n) is 3.74. The van der Waals surface area contributed by atoms with Crippen LogP contribution in [0.5, 0.6) is 0 Å². The smallest absolute Gasteiger partial charge is 0.322 e. The van der Waals surface area contributed by atoms with E-state index in [4.69, 9.17) is 4.84 Å². The minimum atomic E-state index is -1.03. The van der Waals surface area contributed by atoms with E-state index in [9.17, 15) is 18.8 Å². The van der Waals surface area contributed by atoms with Crippen LogP contribution in [0, 0.1) is 5.82 Å². The molecule has 0 unspecified atom stereocenters. The van der Waals surface area contributed by atoms with E-state index in [2.05, 4.69) is 10.3 Å². The van der Waals surface area contributed by atoms with Crippen LogP contribution in [0.15, 0.2) is 54.7 Å². The summed E-state index contributed by atoms with van der Waals surface area (Å²) >= 11 is 0. The number of rotatable bonds is 3. The topological polar surface area (TPSA) is 94.4 Å². The van der Waals surface area contributed by atoms with Crippen molar-refractivity contribution >= 4 is 17.8 Å². The molecule has 0 bridgehead atoms. The summed E-state index contributed by atoms with van der Waals surface area (Å²) in [7, 11) is 0. The summed E-state index contributed by atoms with van der Waals surface area (Å²) in [4.78, 5) is 41.9. The van der Waals surface area contributed by atoms with Crippen molar-refractivity contribution in [2.45, 2.75) is 0 Å². The molecule has 0 aliphatic carbocycles. The minimum Gasteiger partial charge on any atom is -0.322 e. The number of hydrogen-bond acceptors (Lipinski definition) is 6. The van der Waals surface area contributed by atoms with Gasteiger partial charge in [-0.15, -0.1) is 5.10 Å². The quantitative estimate of drug-likeness (QED) is 0.667. The van der Waals surface area contributed by atoms with Crippen molar-refractivity contribution in [3.63, 3.8) is 0 Å². The predicted octanol–water partition coefficient (Wildman–Crippen LogP) is 1.77. The second-order valence-electron chi connectivity index (χ2n) is 5.34. The SMILES string of the molecule is O=C(ON1C(=O)c2ccccc2C1=O)c1cnnn1-c1cccc(F)c1. The second kappa shape index (κ2) is 5.88. The Morgan fingerprint density at radius 2 is 1.69 bits per heavy atom. The lowest BCUT2D eigenvalue weighted by atomic mass is 10.1. The van der Waals surface area contributed by atoms with E-state index in [-0.39, 0.29) is 22.5 Å². The normalized spacial score (nSPS) is 13.0. The van der Waals surface area contributed by atoms with Gasteiger partial charge < -0.3 is 4.84 Å². The zero-order chi connectivity index (χ0) is 18.3. The number of aromatic nitrogens is 3. The predicted molar refractivity (Wildman–Crippen MR) is 83.7 cm³/mol. The summed E-state index contributed by atoms with van der Waals surface area (Å²) in [5.41, 5.74) is 0.341. The first-order chi connectivity index (χ1) is 12.6. The average Bonchev–Trinajstić information content (AvgIpc) is 3.22. The summed E-state index contributed by atoms with van der Waals surface area (Å²) in [6.45, 7) is 0. The molecular formula is C17H9FN4O4. The molecule has 8 nitrogen and oxygen atoms in total. The van der Waals surface area contributed by atoms with Crippen molar-refractivity contribution in [3.05, 3.63) is 77.4 Å². The van der Waals surface area contributed by atoms with E-state index in [1.807, 2.05) is 0 Å². The van der Waals surface area contributed by atoms with Gasteiger partial charge in [0.2, 0.25) is 0 Å². The van der Waals surface area contributed by atoms with Crippen LogP contribution in [-0.2, 0) is 4.84 Å². The maximum atomic E-state index is 13.4. The van der Waals surface area contributed by atoms with E-state index >= 15 is 0 Å². The highest BCUT2D eigenvalue weighted by molar-refractivity contribution is 6.21. The van der Waals surface area contributed by atoms with E-state index in [0.29, 0.717) is 5.06 Å². The fourth-order valence-electron chi connectivity index (χ4n) is 2.55. The number of carbonyl (C=O) groups excluding carboxylic acids is 3. The molecule has 128 valence electrons. The Morgan fingerprint density at radius 3 is 2.35 bits per heavy atom. The van der Waals surface area contributed by atoms with E-state index in [1.165, 1.54) is 30.3 Å². The molecule has 0 radical (unpaired) electrons. The molecule has 4 rings (SSSR count). The number of nitrogens with zero attached hydrogens (tertiary/aromatic N) is 4. The van der Waals surface area contributed by atoms with Crippen LogP contribution >= 0.6 is 0 Å². The first-order valence-electron chi connectivity index (χ1n) is 7.43. The zero-order valence-electron chi connectivity index (χ0n) is 13.0. The van der Waals surface area contributed by atoms with E-state index in [1.54, 1.807) is 12.1 Å². The Kier molecular flexibility index (Phi) is 3.54. The molecule has 3 aromatic rings. The number of fused-ring (bicyclic) bond motifs is 1. The molecule has 0 atom stereocenters. The van der Waals surface area contributed by atoms with Crippen molar-refractivity contribution < 1.29 is 23.6 Å². The van der Waals surface area contributed by atoms with Gasteiger partial charge in [-0.25, -0.2) is 13.9 Å². The van der Waals surface area contributed by atoms with Gasteiger partial charge in [-0.3, -0.25) is 9.59 Å². The van der Waals surface area contributed by atoms with Crippen molar-refractivity contribution in [2.24, 2.45) is 0 Å². The summed E-state index contributed by atoms with van der Waals surface area (Å²) in [5, 5.41) is 7.70. The number of hydroxylamine groups is 2. The Bertz CT molecular complexity index is 1030. The molecule has 0 saturated heterocycles. The van der Waals surface area contributed by atoms with Crippen LogP contribution in [0.1, 0.15) is 31.2 Å². The summed E-state index contributed by atoms with van der Waals surface area (Å²) in [6.07, 6.45) is 1.09. The fraction of sp³-hybridized carbons (Fsp3) is 0. The van der Waals surface area contributed by atoms with Crippen molar-refractivity contribution in [1.29, 1.82) is 0 Å². The number of amides is 2. The van der Waals surface area contributed by atoms with Gasteiger partial charge in [0.15, 0.2) is 5.69 Å². The van der Waals surface area contributed by atoms with Gasteiger partial charge in [-0.05, 0) is 30.3 Å². The van der Waals surface area contributed by atoms with Gasteiger partial charge in [-0.1, -0.05) is 28.5 Å². The van der Waals surface area contributed by atoms with Crippen molar-refractivity contribution in [3.8, 4) is 5.69 Å². The molecule has 1 aliphatic heterocycles. The number of imide groups is 1. The Balaban J connectivity index is 1.62. The van der Waals surface area contributed by atoms with Crippen LogP contribution in [0.3, 0.4) is 0 Å². The third-order valence-corrected chi connectivity index (χ3v) is 3.74. The molecule has 0 saturated carbocycles. The van der Waals surface area contributed by atoms with Crippen LogP contribution in [0.25, 0.3) is 5.69 Å². The van der Waals surface area contributed by atoms with Gasteiger partial charge in [0.25, 0.3) is 11.8 Å². The zero-order valence-corrected chi connectivity index (χ0v) is 13.0. The molecular weight excluding hydrogens is 343 g/mol. The molecule has 2 aromatic carbocycles. The Morgan fingerprint density at radius 1 is 1.00 bits per heavy atom. The summed E-state index contributed by atoms with van der Waals surface area (Å²) in [6, 6.07) is 11.4. The minimum absolute atomic E-state index is 0.141. The lowest BCUT2D eigenvalue weighted by Gasteiger charge is -2.13. The number of halogens is 1. The number of carbonyl (C=O) groups is 3. The maximum Gasteiger partial charge on any atom is 0.383 e. The highest BCUT2D eigenvalue weighted by atomic mass is 19.1. The molecule has 0 fully saturated rings. The van der Waals surface area contributed by atoms with Crippen LogP contribution < -0.4 is 0 Å². The number of hydrogen-bond donors (Lipinski definition) is 0. The van der Waals surface area contributed by atoms with Crippen molar-refractivity contribution in [1.82, 2.24) is 20.1 Å². The summed E-state index contributed by atoms with van der Waals surface area (Å²) < 4.78 is 14.4. The maximum absolute atomic E-state index is 13.4. The number of benzene rings is 2. The molecule has 1 aliphatic rings. The average molecular weight is 352 g/mol. The standard InChI is InChI=1S/C17H9FN4O4/c18-10-4-3-5-11(8-10)21-14(9-19-20-21)17(25)26-22-15(23)12-6-1-2-7-13(12)16(22)24/h1-9H. The Hall–Kier alpha value is -3.88. The second-order valence-corrected chi connectivity index (χ2v) is 5.34. The molecule has 1 aromatic heterocycles. The molecule has 2 heterocycles. The fourth-order valence-corrected chi connectivity index (χ4v) is 2.55. The first kappa shape index (κ1) is 15.6. The molecule has 9 heteroatoms. The molecule has 0 spiro atoms. The van der Waals surface area contributed by atoms with Crippen LogP contribution in [-0.4, -0.2) is 37.8 Å². The Labute approximate surface area is 145 Å². The van der Waals surface area contributed by atoms with Crippen molar-refractivity contribution in [2.75, 3.05) is 0 Å². The highest BCUT2D eigenvalue weighted by Crippen LogP contribution is 2.23. The summed E-state index contributed by atoms with van der Waals surface area (Å²) in [5.74, 6) is -3.06. The van der Waals surface area contributed by atoms with Gasteiger partial charge >= 0.3 is 5.97 Å². The lowest BCUT2D eigenvalue weighted by molar-refractivity contribution is -0.0590. The largest absolute Gasteiger partial charge is 0.383 e. The van der Waals surface area contributed by atoms with Gasteiger partial charge in [0.1, 0.15) is 5.82 Å².